The SMILES string of the molecule is CC(Oc1ccc(/C=C2\SC(=S)NC2=O)cc1)C(=O)O. The minimum Gasteiger partial charge on any atom is -0.479 e. The highest BCUT2D eigenvalue weighted by Crippen LogP contribution is 2.26. The van der Waals surface area contributed by atoms with E-state index in [2.05, 4.69) is 5.32 Å². The van der Waals surface area contributed by atoms with Gasteiger partial charge in [0.05, 0.1) is 4.91 Å². The van der Waals surface area contributed by atoms with Crippen molar-refractivity contribution in [3.8, 4) is 5.75 Å². The van der Waals surface area contributed by atoms with Crippen LogP contribution in [0.15, 0.2) is 29.2 Å². The third-order valence-corrected chi connectivity index (χ3v) is 3.64. The van der Waals surface area contributed by atoms with Gasteiger partial charge in [0, 0.05) is 0 Å². The van der Waals surface area contributed by atoms with Crippen LogP contribution in [0, 0.1) is 0 Å². The van der Waals surface area contributed by atoms with E-state index < -0.39 is 12.1 Å². The molecule has 0 bridgehead atoms. The number of carboxylic acids is 1. The van der Waals surface area contributed by atoms with Gasteiger partial charge in [-0.25, -0.2) is 4.79 Å². The summed E-state index contributed by atoms with van der Waals surface area (Å²) in [6, 6.07) is 6.79. The van der Waals surface area contributed by atoms with Crippen LogP contribution in [0.25, 0.3) is 6.08 Å². The number of amides is 1. The average molecular weight is 309 g/mol. The van der Waals surface area contributed by atoms with Crippen LogP contribution in [0.5, 0.6) is 5.75 Å². The van der Waals surface area contributed by atoms with Crippen LogP contribution in [-0.2, 0) is 9.59 Å². The molecule has 2 N–H and O–H groups in total. The number of thioether (sulfide) groups is 1. The van der Waals surface area contributed by atoms with Crippen molar-refractivity contribution in [2.75, 3.05) is 0 Å². The highest BCUT2D eigenvalue weighted by atomic mass is 32.2. The molecule has 0 saturated carbocycles. The maximum Gasteiger partial charge on any atom is 0.344 e. The fourth-order valence-electron chi connectivity index (χ4n) is 1.47. The Kier molecular flexibility index (Phi) is 4.41. The fraction of sp³-hybridized carbons (Fsp3) is 0.154. The third-order valence-electron chi connectivity index (χ3n) is 2.48. The van der Waals surface area contributed by atoms with E-state index in [9.17, 15) is 9.59 Å². The molecular formula is C13H11NO4S2. The van der Waals surface area contributed by atoms with E-state index in [1.54, 1.807) is 30.3 Å². The minimum absolute atomic E-state index is 0.208. The van der Waals surface area contributed by atoms with Gasteiger partial charge in [0.2, 0.25) is 0 Å². The zero-order valence-corrected chi connectivity index (χ0v) is 12.1. The lowest BCUT2D eigenvalue weighted by Crippen LogP contribution is -2.22. The average Bonchev–Trinajstić information content (AvgIpc) is 2.70. The van der Waals surface area contributed by atoms with E-state index in [0.29, 0.717) is 15.0 Å². The zero-order valence-electron chi connectivity index (χ0n) is 10.5. The van der Waals surface area contributed by atoms with Crippen LogP contribution in [0.2, 0.25) is 0 Å². The Bertz CT molecular complexity index is 595. The van der Waals surface area contributed by atoms with Crippen LogP contribution in [0.3, 0.4) is 0 Å². The number of ether oxygens (including phenoxy) is 1. The maximum absolute atomic E-state index is 11.5. The molecule has 7 heteroatoms. The molecule has 1 aromatic rings. The van der Waals surface area contributed by atoms with Crippen molar-refractivity contribution in [1.29, 1.82) is 0 Å². The van der Waals surface area contributed by atoms with Gasteiger partial charge in [0.15, 0.2) is 6.10 Å². The summed E-state index contributed by atoms with van der Waals surface area (Å²) in [6.45, 7) is 1.46. The van der Waals surface area contributed by atoms with Gasteiger partial charge in [-0.1, -0.05) is 36.1 Å². The lowest BCUT2D eigenvalue weighted by atomic mass is 10.2. The summed E-state index contributed by atoms with van der Waals surface area (Å²) in [5.41, 5.74) is 0.808. The predicted octanol–water partition coefficient (Wildman–Crippen LogP) is 2.03. The number of nitrogens with one attached hydrogen (secondary N) is 1. The van der Waals surface area contributed by atoms with Crippen molar-refractivity contribution in [2.24, 2.45) is 0 Å². The number of carbonyl (C=O) groups is 2. The summed E-state index contributed by atoms with van der Waals surface area (Å²) in [5.74, 6) is -0.773. The Morgan fingerprint density at radius 2 is 2.10 bits per heavy atom. The predicted molar refractivity (Wildman–Crippen MR) is 80.5 cm³/mol. The van der Waals surface area contributed by atoms with Crippen LogP contribution in [0.1, 0.15) is 12.5 Å². The number of carbonyl (C=O) groups excluding carboxylic acids is 1. The van der Waals surface area contributed by atoms with Crippen molar-refractivity contribution in [3.63, 3.8) is 0 Å². The monoisotopic (exact) mass is 309 g/mol. The molecule has 0 aliphatic carbocycles. The Hall–Kier alpha value is -1.86. The second-order valence-corrected chi connectivity index (χ2v) is 5.74. The summed E-state index contributed by atoms with van der Waals surface area (Å²) >= 11 is 6.11. The Morgan fingerprint density at radius 3 is 2.60 bits per heavy atom. The molecule has 0 aromatic heterocycles. The highest BCUT2D eigenvalue weighted by Gasteiger charge is 2.21. The number of carboxylic acid groups (broad SMARTS) is 1. The van der Waals surface area contributed by atoms with Crippen molar-refractivity contribution >= 4 is 46.3 Å². The summed E-state index contributed by atoms with van der Waals surface area (Å²) in [5, 5.41) is 11.3. The number of benzene rings is 1. The molecule has 1 amide bonds. The first-order valence-corrected chi connectivity index (χ1v) is 6.92. The van der Waals surface area contributed by atoms with Gasteiger partial charge < -0.3 is 15.2 Å². The van der Waals surface area contributed by atoms with Gasteiger partial charge in [0.1, 0.15) is 10.1 Å². The molecule has 1 aliphatic rings. The van der Waals surface area contributed by atoms with Gasteiger partial charge >= 0.3 is 5.97 Å². The van der Waals surface area contributed by atoms with Gasteiger partial charge in [-0.15, -0.1) is 0 Å². The summed E-state index contributed by atoms with van der Waals surface area (Å²) in [7, 11) is 0. The Morgan fingerprint density at radius 1 is 1.45 bits per heavy atom. The van der Waals surface area contributed by atoms with E-state index >= 15 is 0 Å². The van der Waals surface area contributed by atoms with Crippen molar-refractivity contribution in [1.82, 2.24) is 5.32 Å². The molecule has 1 unspecified atom stereocenters. The van der Waals surface area contributed by atoms with E-state index in [1.165, 1.54) is 18.7 Å². The summed E-state index contributed by atoms with van der Waals surface area (Å²) in [6.07, 6.45) is 0.803. The molecule has 2 rings (SSSR count). The second kappa shape index (κ2) is 6.06. The van der Waals surface area contributed by atoms with Gasteiger partial charge in [-0.2, -0.15) is 0 Å². The molecule has 0 radical (unpaired) electrons. The van der Waals surface area contributed by atoms with E-state index in [0.717, 1.165) is 5.56 Å². The van der Waals surface area contributed by atoms with E-state index in [-0.39, 0.29) is 5.91 Å². The molecule has 5 nitrogen and oxygen atoms in total. The molecule has 0 spiro atoms. The lowest BCUT2D eigenvalue weighted by Gasteiger charge is -2.10. The zero-order chi connectivity index (χ0) is 14.7. The fourth-order valence-corrected chi connectivity index (χ4v) is 2.51. The van der Waals surface area contributed by atoms with Gasteiger partial charge in [-0.05, 0) is 30.7 Å². The van der Waals surface area contributed by atoms with Gasteiger partial charge in [0.25, 0.3) is 5.91 Å². The van der Waals surface area contributed by atoms with Crippen LogP contribution >= 0.6 is 24.0 Å². The second-order valence-electron chi connectivity index (χ2n) is 4.02. The quantitative estimate of drug-likeness (QED) is 0.655. The molecule has 1 heterocycles. The summed E-state index contributed by atoms with van der Waals surface area (Å²) in [4.78, 5) is 22.7. The number of rotatable bonds is 4. The Balaban J connectivity index is 2.09. The molecule has 1 aromatic carbocycles. The van der Waals surface area contributed by atoms with Crippen molar-refractivity contribution < 1.29 is 19.4 Å². The first-order valence-electron chi connectivity index (χ1n) is 5.70. The Labute approximate surface area is 125 Å². The molecule has 1 atom stereocenters. The largest absolute Gasteiger partial charge is 0.479 e. The van der Waals surface area contributed by atoms with Crippen molar-refractivity contribution in [2.45, 2.75) is 13.0 Å². The third kappa shape index (κ3) is 3.58. The molecule has 1 saturated heterocycles. The van der Waals surface area contributed by atoms with Crippen LogP contribution in [0.4, 0.5) is 0 Å². The molecular weight excluding hydrogens is 298 g/mol. The standard InChI is InChI=1S/C13H11NO4S2/c1-7(12(16)17)18-9-4-2-8(3-5-9)6-10-11(15)14-13(19)20-10/h2-7H,1H3,(H,16,17)(H,14,15,19)/b10-6-. The minimum atomic E-state index is -1.02. The van der Waals surface area contributed by atoms with Crippen LogP contribution in [-0.4, -0.2) is 27.4 Å². The first-order chi connectivity index (χ1) is 9.45. The van der Waals surface area contributed by atoms with E-state index in [1.807, 2.05) is 0 Å². The number of aliphatic carboxylic acids is 1. The normalized spacial score (nSPS) is 17.9. The molecule has 1 fully saturated rings. The first kappa shape index (κ1) is 14.5. The highest BCUT2D eigenvalue weighted by molar-refractivity contribution is 8.26. The van der Waals surface area contributed by atoms with E-state index in [4.69, 9.17) is 22.1 Å². The molecule has 20 heavy (non-hydrogen) atoms. The molecule has 104 valence electrons. The van der Waals surface area contributed by atoms with Crippen LogP contribution < -0.4 is 10.1 Å². The number of thiocarbonyl (C=S) groups is 1. The lowest BCUT2D eigenvalue weighted by molar-refractivity contribution is -0.144. The summed E-state index contributed by atoms with van der Waals surface area (Å²) < 4.78 is 5.65. The number of hydrogen-bond donors (Lipinski definition) is 2. The number of hydrogen-bond acceptors (Lipinski definition) is 5. The smallest absolute Gasteiger partial charge is 0.344 e. The maximum atomic E-state index is 11.5. The topological polar surface area (TPSA) is 75.6 Å². The molecule has 1 aliphatic heterocycles. The van der Waals surface area contributed by atoms with Crippen molar-refractivity contribution in [3.05, 3.63) is 34.7 Å². The van der Waals surface area contributed by atoms with Gasteiger partial charge in [-0.3, -0.25) is 4.79 Å².